The van der Waals surface area contributed by atoms with Crippen molar-refractivity contribution in [2.75, 3.05) is 0 Å². The van der Waals surface area contributed by atoms with E-state index in [4.69, 9.17) is 46.4 Å². The Bertz CT molecular complexity index is 961. The Morgan fingerprint density at radius 3 is 2.35 bits per heavy atom. The second kappa shape index (κ2) is 10.9. The zero-order chi connectivity index (χ0) is 22.5. The molecule has 0 aliphatic heterocycles. The predicted octanol–water partition coefficient (Wildman–Crippen LogP) is 6.32. The molecule has 3 rings (SSSR count). The molecule has 0 unspecified atom stereocenters. The van der Waals surface area contributed by atoms with Crippen LogP contribution in [0.4, 0.5) is 0 Å². The van der Waals surface area contributed by atoms with Crippen LogP contribution in [0.2, 0.25) is 20.1 Å². The number of rotatable bonds is 7. The molecule has 0 aromatic heterocycles. The Hall–Kier alpha value is -1.46. The summed E-state index contributed by atoms with van der Waals surface area (Å²) in [5, 5.41) is 4.84. The van der Waals surface area contributed by atoms with Gasteiger partial charge in [0.05, 0.1) is 16.5 Å². The van der Waals surface area contributed by atoms with Gasteiger partial charge in [0, 0.05) is 22.6 Å². The zero-order valence-electron chi connectivity index (χ0n) is 17.1. The predicted molar refractivity (Wildman–Crippen MR) is 127 cm³/mol. The van der Waals surface area contributed by atoms with E-state index < -0.39 is 6.04 Å². The number of carbonyl (C=O) groups excluding carboxylic acids is 2. The minimum absolute atomic E-state index is 0.0865. The number of carbonyl (C=O) groups is 2. The van der Waals surface area contributed by atoms with Gasteiger partial charge in [0.1, 0.15) is 6.04 Å². The summed E-state index contributed by atoms with van der Waals surface area (Å²) in [7, 11) is 0. The first-order valence-corrected chi connectivity index (χ1v) is 11.7. The van der Waals surface area contributed by atoms with Gasteiger partial charge in [-0.3, -0.25) is 9.59 Å². The van der Waals surface area contributed by atoms with Gasteiger partial charge in [-0.25, -0.2) is 0 Å². The summed E-state index contributed by atoms with van der Waals surface area (Å²) >= 11 is 24.4. The molecule has 0 heterocycles. The van der Waals surface area contributed by atoms with E-state index in [1.807, 2.05) is 0 Å². The van der Waals surface area contributed by atoms with E-state index in [0.29, 0.717) is 25.7 Å². The Morgan fingerprint density at radius 2 is 1.71 bits per heavy atom. The molecule has 1 aliphatic carbocycles. The van der Waals surface area contributed by atoms with Crippen molar-refractivity contribution in [2.45, 2.75) is 57.7 Å². The fourth-order valence-electron chi connectivity index (χ4n) is 3.73. The van der Waals surface area contributed by atoms with E-state index in [-0.39, 0.29) is 30.8 Å². The SMILES string of the molecule is C[C@@H](C(=O)NC1CCCC1)N(Cc1ccc(Cl)cc1Cl)C(=O)Cc1ccc(Cl)c(Cl)c1. The molecular formula is C23H24Cl4N2O2. The van der Waals surface area contributed by atoms with Crippen LogP contribution in [0.25, 0.3) is 0 Å². The third-order valence-electron chi connectivity index (χ3n) is 5.56. The number of nitrogens with one attached hydrogen (secondary N) is 1. The topological polar surface area (TPSA) is 49.4 Å². The lowest BCUT2D eigenvalue weighted by Crippen LogP contribution is -2.50. The van der Waals surface area contributed by atoms with Crippen molar-refractivity contribution < 1.29 is 9.59 Å². The molecule has 0 radical (unpaired) electrons. The van der Waals surface area contributed by atoms with Gasteiger partial charge in [0.2, 0.25) is 11.8 Å². The number of halogens is 4. The molecule has 4 nitrogen and oxygen atoms in total. The molecule has 0 bridgehead atoms. The standard InChI is InChI=1S/C23H24Cl4N2O2/c1-14(23(31)28-18-4-2-3-5-18)29(13-16-7-8-17(24)12-20(16)26)22(30)11-15-6-9-19(25)21(27)10-15/h6-10,12,14,18H,2-5,11,13H2,1H3,(H,28,31)/t14-/m0/s1. The molecule has 1 fully saturated rings. The third kappa shape index (κ3) is 6.52. The highest BCUT2D eigenvalue weighted by Gasteiger charge is 2.29. The lowest BCUT2D eigenvalue weighted by Gasteiger charge is -2.30. The minimum atomic E-state index is -0.664. The molecule has 0 saturated heterocycles. The van der Waals surface area contributed by atoms with E-state index in [2.05, 4.69) is 5.32 Å². The summed E-state index contributed by atoms with van der Waals surface area (Å²) in [6, 6.07) is 9.69. The van der Waals surface area contributed by atoms with E-state index in [0.717, 1.165) is 31.2 Å². The van der Waals surface area contributed by atoms with Crippen LogP contribution in [0, 0.1) is 0 Å². The monoisotopic (exact) mass is 500 g/mol. The normalized spacial score (nSPS) is 15.0. The van der Waals surface area contributed by atoms with Gasteiger partial charge in [-0.2, -0.15) is 0 Å². The highest BCUT2D eigenvalue weighted by atomic mass is 35.5. The first-order valence-electron chi connectivity index (χ1n) is 10.2. The van der Waals surface area contributed by atoms with Gasteiger partial charge < -0.3 is 10.2 Å². The molecule has 166 valence electrons. The second-order valence-electron chi connectivity index (χ2n) is 7.85. The van der Waals surface area contributed by atoms with Crippen LogP contribution in [0.1, 0.15) is 43.7 Å². The summed E-state index contributed by atoms with van der Waals surface area (Å²) in [4.78, 5) is 27.7. The number of hydrogen-bond acceptors (Lipinski definition) is 2. The van der Waals surface area contributed by atoms with Crippen LogP contribution in [-0.2, 0) is 22.6 Å². The molecule has 1 atom stereocenters. The van der Waals surface area contributed by atoms with Gasteiger partial charge in [-0.05, 0) is 55.2 Å². The molecule has 8 heteroatoms. The molecular weight excluding hydrogens is 478 g/mol. The van der Waals surface area contributed by atoms with E-state index >= 15 is 0 Å². The van der Waals surface area contributed by atoms with Crippen molar-refractivity contribution in [2.24, 2.45) is 0 Å². The first kappa shape index (κ1) is 24.2. The molecule has 1 saturated carbocycles. The molecule has 1 N–H and O–H groups in total. The third-order valence-corrected chi connectivity index (χ3v) is 6.89. The van der Waals surface area contributed by atoms with Crippen molar-refractivity contribution in [1.82, 2.24) is 10.2 Å². The van der Waals surface area contributed by atoms with Crippen LogP contribution >= 0.6 is 46.4 Å². The van der Waals surface area contributed by atoms with Crippen molar-refractivity contribution >= 4 is 58.2 Å². The maximum atomic E-state index is 13.3. The highest BCUT2D eigenvalue weighted by molar-refractivity contribution is 6.42. The Kier molecular flexibility index (Phi) is 8.51. The first-order chi connectivity index (χ1) is 14.7. The van der Waals surface area contributed by atoms with Gasteiger partial charge in [-0.15, -0.1) is 0 Å². The molecule has 31 heavy (non-hydrogen) atoms. The lowest BCUT2D eigenvalue weighted by atomic mass is 10.1. The van der Waals surface area contributed by atoms with E-state index in [1.165, 1.54) is 0 Å². The Morgan fingerprint density at radius 1 is 1.00 bits per heavy atom. The average molecular weight is 502 g/mol. The Labute approximate surface area is 202 Å². The summed E-state index contributed by atoms with van der Waals surface area (Å²) in [5.41, 5.74) is 1.43. The molecule has 2 aromatic rings. The van der Waals surface area contributed by atoms with Gasteiger partial charge in [0.25, 0.3) is 0 Å². The van der Waals surface area contributed by atoms with Crippen LogP contribution < -0.4 is 5.32 Å². The smallest absolute Gasteiger partial charge is 0.242 e. The minimum Gasteiger partial charge on any atom is -0.352 e. The van der Waals surface area contributed by atoms with E-state index in [9.17, 15) is 9.59 Å². The average Bonchev–Trinajstić information content (AvgIpc) is 3.22. The van der Waals surface area contributed by atoms with Crippen molar-refractivity contribution in [1.29, 1.82) is 0 Å². The molecule has 2 aromatic carbocycles. The number of benzene rings is 2. The Balaban J connectivity index is 1.81. The van der Waals surface area contributed by atoms with Gasteiger partial charge in [-0.1, -0.05) is 71.4 Å². The quantitative estimate of drug-likeness (QED) is 0.482. The fourth-order valence-corrected chi connectivity index (χ4v) is 4.52. The fraction of sp³-hybridized carbons (Fsp3) is 0.391. The summed E-state index contributed by atoms with van der Waals surface area (Å²) in [6.07, 6.45) is 4.25. The molecule has 2 amide bonds. The highest BCUT2D eigenvalue weighted by Crippen LogP contribution is 2.26. The zero-order valence-corrected chi connectivity index (χ0v) is 20.2. The maximum Gasteiger partial charge on any atom is 0.242 e. The van der Waals surface area contributed by atoms with Crippen LogP contribution in [0.3, 0.4) is 0 Å². The largest absolute Gasteiger partial charge is 0.352 e. The second-order valence-corrected chi connectivity index (χ2v) is 9.51. The van der Waals surface area contributed by atoms with Gasteiger partial charge >= 0.3 is 0 Å². The number of nitrogens with zero attached hydrogens (tertiary/aromatic N) is 1. The lowest BCUT2D eigenvalue weighted by molar-refractivity contribution is -0.140. The van der Waals surface area contributed by atoms with Crippen molar-refractivity contribution in [3.63, 3.8) is 0 Å². The number of amides is 2. The van der Waals surface area contributed by atoms with Crippen LogP contribution in [0.15, 0.2) is 36.4 Å². The maximum absolute atomic E-state index is 13.3. The van der Waals surface area contributed by atoms with Crippen molar-refractivity contribution in [3.8, 4) is 0 Å². The van der Waals surface area contributed by atoms with Crippen LogP contribution in [0.5, 0.6) is 0 Å². The van der Waals surface area contributed by atoms with Crippen LogP contribution in [-0.4, -0.2) is 28.8 Å². The van der Waals surface area contributed by atoms with Gasteiger partial charge in [0.15, 0.2) is 0 Å². The van der Waals surface area contributed by atoms with Crippen molar-refractivity contribution in [3.05, 3.63) is 67.6 Å². The molecule has 1 aliphatic rings. The molecule has 0 spiro atoms. The summed E-state index contributed by atoms with van der Waals surface area (Å²) < 4.78 is 0. The summed E-state index contributed by atoms with van der Waals surface area (Å²) in [5.74, 6) is -0.377. The summed E-state index contributed by atoms with van der Waals surface area (Å²) in [6.45, 7) is 1.93. The van der Waals surface area contributed by atoms with E-state index in [1.54, 1.807) is 48.2 Å². The number of hydrogen-bond donors (Lipinski definition) is 1.